The Morgan fingerprint density at radius 1 is 0.868 bits per heavy atom. The number of rotatable bonds is 7. The summed E-state index contributed by atoms with van der Waals surface area (Å²) in [5, 5.41) is 8.24. The van der Waals surface area contributed by atoms with Gasteiger partial charge in [0, 0.05) is 41.9 Å². The van der Waals surface area contributed by atoms with Crippen molar-refractivity contribution in [3.63, 3.8) is 0 Å². The molecule has 1 unspecified atom stereocenters. The molecule has 4 heterocycles. The van der Waals surface area contributed by atoms with Gasteiger partial charge in [-0.3, -0.25) is 14.3 Å². The lowest BCUT2D eigenvalue weighted by Crippen LogP contribution is -2.27. The SMILES string of the molecule is COc1ccc(C(c2ccccn2)n2c(=O)ccc3cnc(Nc4ccc(-n5cccn5)cc4)nc32)cc1. The highest BCUT2D eigenvalue weighted by atomic mass is 16.5. The number of nitrogens with zero attached hydrogens (tertiary/aromatic N) is 6. The second kappa shape index (κ2) is 9.98. The fraction of sp³-hybridized carbons (Fsp3) is 0.0690. The number of aromatic nitrogens is 6. The maximum atomic E-state index is 13.4. The van der Waals surface area contributed by atoms with E-state index < -0.39 is 6.04 Å². The summed E-state index contributed by atoms with van der Waals surface area (Å²) in [6, 6.07) is 25.7. The monoisotopic (exact) mass is 501 g/mol. The smallest absolute Gasteiger partial charge is 0.253 e. The van der Waals surface area contributed by atoms with Gasteiger partial charge < -0.3 is 10.1 Å². The van der Waals surface area contributed by atoms with Crippen molar-refractivity contribution in [2.45, 2.75) is 6.04 Å². The summed E-state index contributed by atoms with van der Waals surface area (Å²) in [4.78, 5) is 27.2. The van der Waals surface area contributed by atoms with Gasteiger partial charge in [-0.05, 0) is 66.2 Å². The number of benzene rings is 2. The molecule has 2 aromatic carbocycles. The van der Waals surface area contributed by atoms with Crippen molar-refractivity contribution in [2.24, 2.45) is 0 Å². The van der Waals surface area contributed by atoms with Gasteiger partial charge in [0.1, 0.15) is 17.4 Å². The Hall–Kier alpha value is -5.31. The van der Waals surface area contributed by atoms with Crippen LogP contribution >= 0.6 is 0 Å². The Bertz CT molecular complexity index is 1730. The summed E-state index contributed by atoms with van der Waals surface area (Å²) in [5.41, 5.74) is 3.64. The van der Waals surface area contributed by atoms with E-state index >= 15 is 0 Å². The molecule has 0 aliphatic rings. The Kier molecular flexibility index (Phi) is 6.07. The van der Waals surface area contributed by atoms with E-state index in [1.54, 1.807) is 41.0 Å². The summed E-state index contributed by atoms with van der Waals surface area (Å²) >= 11 is 0. The molecular weight excluding hydrogens is 478 g/mol. The van der Waals surface area contributed by atoms with Crippen molar-refractivity contribution in [3.8, 4) is 11.4 Å². The second-order valence-electron chi connectivity index (χ2n) is 8.57. The van der Waals surface area contributed by atoms with E-state index in [1.165, 1.54) is 6.07 Å². The predicted octanol–water partition coefficient (Wildman–Crippen LogP) is 4.76. The van der Waals surface area contributed by atoms with Crippen LogP contribution in [0.1, 0.15) is 17.3 Å². The topological polar surface area (TPSA) is 99.8 Å². The van der Waals surface area contributed by atoms with Crippen LogP contribution in [0.25, 0.3) is 16.7 Å². The average molecular weight is 502 g/mol. The maximum absolute atomic E-state index is 13.4. The number of pyridine rings is 2. The lowest BCUT2D eigenvalue weighted by atomic mass is 10.0. The summed E-state index contributed by atoms with van der Waals surface area (Å²) in [6.45, 7) is 0. The molecular formula is C29H23N7O2. The molecule has 0 fully saturated rings. The predicted molar refractivity (Wildman–Crippen MR) is 145 cm³/mol. The van der Waals surface area contributed by atoms with Gasteiger partial charge in [-0.1, -0.05) is 18.2 Å². The highest BCUT2D eigenvalue weighted by Crippen LogP contribution is 2.28. The fourth-order valence-corrected chi connectivity index (χ4v) is 4.37. The largest absolute Gasteiger partial charge is 0.497 e. The molecule has 0 aliphatic heterocycles. The summed E-state index contributed by atoms with van der Waals surface area (Å²) in [5.74, 6) is 1.10. The molecule has 0 saturated carbocycles. The van der Waals surface area contributed by atoms with E-state index in [2.05, 4.69) is 20.4 Å². The first kappa shape index (κ1) is 23.1. The third-order valence-corrected chi connectivity index (χ3v) is 6.22. The van der Waals surface area contributed by atoms with Crippen LogP contribution in [-0.2, 0) is 0 Å². The van der Waals surface area contributed by atoms with Gasteiger partial charge in [-0.25, -0.2) is 9.67 Å². The van der Waals surface area contributed by atoms with Crippen LogP contribution in [0.2, 0.25) is 0 Å². The van der Waals surface area contributed by atoms with E-state index in [0.29, 0.717) is 11.6 Å². The third kappa shape index (κ3) is 4.48. The van der Waals surface area contributed by atoms with Gasteiger partial charge in [0.05, 0.1) is 18.5 Å². The van der Waals surface area contributed by atoms with Crippen molar-refractivity contribution in [2.75, 3.05) is 12.4 Å². The van der Waals surface area contributed by atoms with Crippen LogP contribution in [0.5, 0.6) is 5.75 Å². The number of anilines is 2. The molecule has 0 aliphatic carbocycles. The molecule has 0 spiro atoms. The first-order chi connectivity index (χ1) is 18.7. The minimum absolute atomic E-state index is 0.197. The quantitative estimate of drug-likeness (QED) is 0.337. The van der Waals surface area contributed by atoms with E-state index in [-0.39, 0.29) is 5.56 Å². The first-order valence-corrected chi connectivity index (χ1v) is 12.0. The molecule has 9 heteroatoms. The molecule has 9 nitrogen and oxygen atoms in total. The minimum Gasteiger partial charge on any atom is -0.497 e. The zero-order valence-electron chi connectivity index (χ0n) is 20.5. The minimum atomic E-state index is -0.505. The molecule has 6 aromatic rings. The number of ether oxygens (including phenoxy) is 1. The van der Waals surface area contributed by atoms with Gasteiger partial charge in [0.15, 0.2) is 0 Å². The zero-order valence-corrected chi connectivity index (χ0v) is 20.5. The molecule has 0 bridgehead atoms. The summed E-state index contributed by atoms with van der Waals surface area (Å²) in [7, 11) is 1.62. The molecule has 38 heavy (non-hydrogen) atoms. The van der Waals surface area contributed by atoms with Crippen LogP contribution < -0.4 is 15.6 Å². The number of hydrogen-bond acceptors (Lipinski definition) is 7. The summed E-state index contributed by atoms with van der Waals surface area (Å²) < 4.78 is 8.78. The highest BCUT2D eigenvalue weighted by molar-refractivity contribution is 5.76. The van der Waals surface area contributed by atoms with E-state index in [9.17, 15) is 4.79 Å². The Morgan fingerprint density at radius 2 is 1.71 bits per heavy atom. The number of methoxy groups -OCH3 is 1. The van der Waals surface area contributed by atoms with Crippen LogP contribution in [0.15, 0.2) is 115 Å². The lowest BCUT2D eigenvalue weighted by molar-refractivity contribution is 0.414. The molecule has 6 rings (SSSR count). The van der Waals surface area contributed by atoms with Crippen molar-refractivity contribution < 1.29 is 4.74 Å². The second-order valence-corrected chi connectivity index (χ2v) is 8.57. The van der Waals surface area contributed by atoms with Crippen LogP contribution in [-0.4, -0.2) is 36.4 Å². The zero-order chi connectivity index (χ0) is 25.9. The number of fused-ring (bicyclic) bond motifs is 1. The molecule has 1 N–H and O–H groups in total. The first-order valence-electron chi connectivity index (χ1n) is 12.0. The van der Waals surface area contributed by atoms with Crippen molar-refractivity contribution in [1.82, 2.24) is 29.3 Å². The van der Waals surface area contributed by atoms with Gasteiger partial charge in [0.25, 0.3) is 5.56 Å². The Morgan fingerprint density at radius 3 is 2.42 bits per heavy atom. The third-order valence-electron chi connectivity index (χ3n) is 6.22. The Labute approximate surface area is 218 Å². The fourth-order valence-electron chi connectivity index (χ4n) is 4.37. The van der Waals surface area contributed by atoms with Gasteiger partial charge in [0.2, 0.25) is 5.95 Å². The average Bonchev–Trinajstić information content (AvgIpc) is 3.51. The van der Waals surface area contributed by atoms with Crippen LogP contribution in [0.3, 0.4) is 0 Å². The Balaban J connectivity index is 1.43. The molecule has 4 aromatic heterocycles. The molecule has 0 amide bonds. The van der Waals surface area contributed by atoms with Gasteiger partial charge in [-0.2, -0.15) is 10.1 Å². The van der Waals surface area contributed by atoms with Crippen molar-refractivity contribution >= 4 is 22.7 Å². The molecule has 1 atom stereocenters. The molecule has 0 saturated heterocycles. The molecule has 0 radical (unpaired) electrons. The molecule has 186 valence electrons. The van der Waals surface area contributed by atoms with E-state index in [1.807, 2.05) is 79.0 Å². The van der Waals surface area contributed by atoms with E-state index in [4.69, 9.17) is 9.72 Å². The number of hydrogen-bond donors (Lipinski definition) is 1. The van der Waals surface area contributed by atoms with Crippen LogP contribution in [0, 0.1) is 0 Å². The standard InChI is InChI=1S/C29H23N7O2/c1-38-24-13-6-20(7-14-24)27(25-5-2-3-16-30-25)36-26(37)15-8-21-19-31-29(34-28(21)36)33-22-9-11-23(12-10-22)35-18-4-17-32-35/h2-19,27H,1H3,(H,31,33,34). The van der Waals surface area contributed by atoms with Crippen LogP contribution in [0.4, 0.5) is 11.6 Å². The summed E-state index contributed by atoms with van der Waals surface area (Å²) in [6.07, 6.45) is 7.05. The van der Waals surface area contributed by atoms with Gasteiger partial charge in [-0.15, -0.1) is 0 Å². The number of nitrogens with one attached hydrogen (secondary N) is 1. The highest BCUT2D eigenvalue weighted by Gasteiger charge is 2.22. The van der Waals surface area contributed by atoms with E-state index in [0.717, 1.165) is 33.8 Å². The maximum Gasteiger partial charge on any atom is 0.253 e. The normalized spacial score (nSPS) is 11.8. The van der Waals surface area contributed by atoms with Gasteiger partial charge >= 0.3 is 0 Å². The van der Waals surface area contributed by atoms with Crippen molar-refractivity contribution in [1.29, 1.82) is 0 Å². The lowest BCUT2D eigenvalue weighted by Gasteiger charge is -2.22. The van der Waals surface area contributed by atoms with Crippen molar-refractivity contribution in [3.05, 3.63) is 131 Å².